The Morgan fingerprint density at radius 1 is 1.50 bits per heavy atom. The molecular formula is C2H3F3N2S. The Labute approximate surface area is 49.0 Å². The molecule has 0 spiro atoms. The van der Waals surface area contributed by atoms with Crippen molar-refractivity contribution in [3.8, 4) is 0 Å². The highest BCUT2D eigenvalue weighted by atomic mass is 32.1. The van der Waals surface area contributed by atoms with Gasteiger partial charge in [-0.1, -0.05) is 0 Å². The summed E-state index contributed by atoms with van der Waals surface area (Å²) >= 11 is 2.91. The lowest BCUT2D eigenvalue weighted by molar-refractivity contribution is -0.0555. The van der Waals surface area contributed by atoms with Crippen LogP contribution < -0.4 is 5.84 Å². The zero-order valence-electron chi connectivity index (χ0n) is 3.61. The SMILES string of the molecule is N/N=C(\S)C(F)(F)F. The first-order valence-electron chi connectivity index (χ1n) is 1.52. The third kappa shape index (κ3) is 2.06. The zero-order chi connectivity index (χ0) is 6.78. The summed E-state index contributed by atoms with van der Waals surface area (Å²) in [6.45, 7) is 0. The quantitative estimate of drug-likeness (QED) is 0.170. The van der Waals surface area contributed by atoms with Crippen LogP contribution >= 0.6 is 12.6 Å². The molecule has 0 aromatic rings. The summed E-state index contributed by atoms with van der Waals surface area (Å²) in [7, 11) is 0. The van der Waals surface area contributed by atoms with Crippen LogP contribution in [-0.4, -0.2) is 11.2 Å². The first kappa shape index (κ1) is 7.61. The van der Waals surface area contributed by atoms with Gasteiger partial charge in [0, 0.05) is 0 Å². The van der Waals surface area contributed by atoms with E-state index < -0.39 is 11.2 Å². The van der Waals surface area contributed by atoms with Crippen LogP contribution in [0.5, 0.6) is 0 Å². The topological polar surface area (TPSA) is 38.4 Å². The van der Waals surface area contributed by atoms with Crippen molar-refractivity contribution in [3.05, 3.63) is 0 Å². The van der Waals surface area contributed by atoms with Gasteiger partial charge in [-0.15, -0.1) is 12.6 Å². The summed E-state index contributed by atoms with van der Waals surface area (Å²) in [5.41, 5.74) is 0. The third-order valence-electron chi connectivity index (χ3n) is 0.376. The Bertz CT molecular complexity index is 106. The number of nitrogens with zero attached hydrogens (tertiary/aromatic N) is 1. The van der Waals surface area contributed by atoms with Crippen LogP contribution in [0.3, 0.4) is 0 Å². The molecule has 8 heavy (non-hydrogen) atoms. The summed E-state index contributed by atoms with van der Waals surface area (Å²) in [6, 6.07) is 0. The highest BCUT2D eigenvalue weighted by Gasteiger charge is 2.32. The van der Waals surface area contributed by atoms with Gasteiger partial charge in [0.15, 0.2) is 5.04 Å². The minimum atomic E-state index is -4.50. The maximum atomic E-state index is 11.2. The second-order valence-electron chi connectivity index (χ2n) is 0.950. The van der Waals surface area contributed by atoms with Gasteiger partial charge in [0.1, 0.15) is 0 Å². The normalized spacial score (nSPS) is 14.2. The Morgan fingerprint density at radius 2 is 1.88 bits per heavy atom. The molecule has 0 aliphatic rings. The fraction of sp³-hybridized carbons (Fsp3) is 0.500. The molecule has 0 amide bonds. The number of hydrogen-bond donors (Lipinski definition) is 2. The fourth-order valence-corrected chi connectivity index (χ4v) is 0.0732. The maximum Gasteiger partial charge on any atom is 0.441 e. The molecule has 0 aliphatic carbocycles. The lowest BCUT2D eigenvalue weighted by Crippen LogP contribution is -2.18. The van der Waals surface area contributed by atoms with Gasteiger partial charge in [-0.25, -0.2) is 0 Å². The minimum absolute atomic E-state index is 1.32. The average molecular weight is 144 g/mol. The first-order chi connectivity index (χ1) is 3.48. The van der Waals surface area contributed by atoms with Crippen molar-refractivity contribution in [1.82, 2.24) is 0 Å². The van der Waals surface area contributed by atoms with Crippen molar-refractivity contribution in [1.29, 1.82) is 0 Å². The van der Waals surface area contributed by atoms with Gasteiger partial charge in [-0.05, 0) is 0 Å². The molecule has 0 fully saturated rings. The van der Waals surface area contributed by atoms with Crippen LogP contribution in [0.15, 0.2) is 5.10 Å². The number of thiol groups is 1. The Balaban J connectivity index is 4.03. The Kier molecular flexibility index (Phi) is 2.14. The number of hydrogen-bond acceptors (Lipinski definition) is 2. The van der Waals surface area contributed by atoms with Crippen LogP contribution in [0.25, 0.3) is 0 Å². The molecule has 0 rings (SSSR count). The minimum Gasteiger partial charge on any atom is -0.322 e. The Morgan fingerprint density at radius 3 is 1.88 bits per heavy atom. The molecule has 2 nitrogen and oxygen atoms in total. The van der Waals surface area contributed by atoms with Crippen LogP contribution in [0.1, 0.15) is 0 Å². The number of hydrazone groups is 1. The van der Waals surface area contributed by atoms with Gasteiger partial charge in [0.05, 0.1) is 0 Å². The Hall–Kier alpha value is -0.390. The molecule has 2 N–H and O–H groups in total. The molecule has 0 bridgehead atoms. The number of nitrogens with two attached hydrogens (primary N) is 1. The van der Waals surface area contributed by atoms with Gasteiger partial charge in [-0.2, -0.15) is 18.3 Å². The molecule has 0 aromatic carbocycles. The second kappa shape index (κ2) is 2.25. The van der Waals surface area contributed by atoms with E-state index >= 15 is 0 Å². The largest absolute Gasteiger partial charge is 0.441 e. The molecule has 0 radical (unpaired) electrons. The highest BCUT2D eigenvalue weighted by molar-refractivity contribution is 7.97. The molecule has 0 aromatic heterocycles. The van der Waals surface area contributed by atoms with E-state index in [1.54, 1.807) is 0 Å². The highest BCUT2D eigenvalue weighted by Crippen LogP contribution is 2.18. The van der Waals surface area contributed by atoms with E-state index in [9.17, 15) is 13.2 Å². The fourth-order valence-electron chi connectivity index (χ4n) is 0.0732. The molecule has 0 unspecified atom stereocenters. The van der Waals surface area contributed by atoms with Crippen LogP contribution in [-0.2, 0) is 0 Å². The first-order valence-corrected chi connectivity index (χ1v) is 1.97. The summed E-state index contributed by atoms with van der Waals surface area (Å²) in [5, 5.41) is 0.994. The second-order valence-corrected chi connectivity index (χ2v) is 1.37. The van der Waals surface area contributed by atoms with Crippen molar-refractivity contribution in [2.24, 2.45) is 10.9 Å². The smallest absolute Gasteiger partial charge is 0.322 e. The van der Waals surface area contributed by atoms with Gasteiger partial charge in [0.25, 0.3) is 0 Å². The van der Waals surface area contributed by atoms with E-state index in [0.717, 1.165) is 0 Å². The van der Waals surface area contributed by atoms with E-state index in [-0.39, 0.29) is 0 Å². The summed E-state index contributed by atoms with van der Waals surface area (Å²) < 4.78 is 33.5. The lowest BCUT2D eigenvalue weighted by Gasteiger charge is -1.99. The van der Waals surface area contributed by atoms with Gasteiger partial charge in [0.2, 0.25) is 0 Å². The predicted molar refractivity (Wildman–Crippen MR) is 26.7 cm³/mol. The summed E-state index contributed by atoms with van der Waals surface area (Å²) in [4.78, 5) is 0. The van der Waals surface area contributed by atoms with Crippen molar-refractivity contribution in [3.63, 3.8) is 0 Å². The van der Waals surface area contributed by atoms with E-state index in [1.165, 1.54) is 0 Å². The standard InChI is InChI=1S/C2H3F3N2S/c3-2(4,5)1(8)7-6/h6H2,(H,7,8). The van der Waals surface area contributed by atoms with Gasteiger partial charge >= 0.3 is 6.18 Å². The van der Waals surface area contributed by atoms with E-state index in [0.29, 0.717) is 0 Å². The number of alkyl halides is 3. The van der Waals surface area contributed by atoms with E-state index in [1.807, 2.05) is 0 Å². The maximum absolute atomic E-state index is 11.2. The molecule has 0 saturated heterocycles. The number of halogens is 3. The third-order valence-corrected chi connectivity index (χ3v) is 0.745. The van der Waals surface area contributed by atoms with Gasteiger partial charge in [-0.3, -0.25) is 0 Å². The van der Waals surface area contributed by atoms with E-state index in [2.05, 4.69) is 23.6 Å². The molecule has 0 heterocycles. The van der Waals surface area contributed by atoms with Crippen molar-refractivity contribution >= 4 is 17.7 Å². The number of rotatable bonds is 0. The van der Waals surface area contributed by atoms with Crippen LogP contribution in [0.2, 0.25) is 0 Å². The van der Waals surface area contributed by atoms with Crippen LogP contribution in [0.4, 0.5) is 13.2 Å². The van der Waals surface area contributed by atoms with Crippen LogP contribution in [0, 0.1) is 0 Å². The zero-order valence-corrected chi connectivity index (χ0v) is 4.50. The van der Waals surface area contributed by atoms with Crippen molar-refractivity contribution in [2.45, 2.75) is 6.18 Å². The molecule has 0 saturated carbocycles. The predicted octanol–water partition coefficient (Wildman–Crippen LogP) is 0.751. The molecule has 6 heteroatoms. The molecular weight excluding hydrogens is 141 g/mol. The van der Waals surface area contributed by atoms with Gasteiger partial charge < -0.3 is 5.84 Å². The summed E-state index contributed by atoms with van der Waals surface area (Å²) in [6.07, 6.45) is -4.50. The summed E-state index contributed by atoms with van der Waals surface area (Å²) in [5.74, 6) is 4.25. The lowest BCUT2D eigenvalue weighted by atomic mass is 10.7. The van der Waals surface area contributed by atoms with Crippen molar-refractivity contribution < 1.29 is 13.2 Å². The monoisotopic (exact) mass is 144 g/mol. The average Bonchev–Trinajstić information content (AvgIpc) is 1.62. The van der Waals surface area contributed by atoms with Crippen molar-refractivity contribution in [2.75, 3.05) is 0 Å². The molecule has 0 aliphatic heterocycles. The van der Waals surface area contributed by atoms with E-state index in [4.69, 9.17) is 0 Å². The molecule has 48 valence electrons. The molecule has 0 atom stereocenters.